The number of carbonyl (C=O) groups is 1. The van der Waals surface area contributed by atoms with E-state index in [4.69, 9.17) is 46.4 Å². The molecule has 1 amide bonds. The van der Waals surface area contributed by atoms with Crippen LogP contribution in [-0.2, 0) is 0 Å². The molecule has 1 aromatic carbocycles. The van der Waals surface area contributed by atoms with E-state index in [1.807, 2.05) is 0 Å². The molecule has 1 aliphatic rings. The highest BCUT2D eigenvalue weighted by Crippen LogP contribution is 2.47. The maximum Gasteiger partial charge on any atom is 0.282 e. The predicted molar refractivity (Wildman–Crippen MR) is 59.4 cm³/mol. The third-order valence-corrected chi connectivity index (χ3v) is 4.03. The molecule has 2 N–H and O–H groups in total. The monoisotopic (exact) mass is 301 g/mol. The standard InChI is InChI=1S/C8H3Cl4NO3/c9-3-1-2(4(10)6(12)5(3)11)8(15)13(16)7(1)14/h7,14,16H. The number of hydroxylamine groups is 2. The van der Waals surface area contributed by atoms with Crippen molar-refractivity contribution in [2.75, 3.05) is 0 Å². The summed E-state index contributed by atoms with van der Waals surface area (Å²) in [5.74, 6) is -0.882. The molecular weight excluding hydrogens is 300 g/mol. The number of fused-ring (bicyclic) bond motifs is 1. The number of hydrogen-bond acceptors (Lipinski definition) is 3. The highest BCUT2D eigenvalue weighted by atomic mass is 35.5. The first kappa shape index (κ1) is 12.2. The molecule has 1 heterocycles. The van der Waals surface area contributed by atoms with E-state index in [9.17, 15) is 15.1 Å². The summed E-state index contributed by atoms with van der Waals surface area (Å²) in [6, 6.07) is 0. The Labute approximate surface area is 110 Å². The molecule has 0 bridgehead atoms. The van der Waals surface area contributed by atoms with Gasteiger partial charge in [-0.3, -0.25) is 10.0 Å². The van der Waals surface area contributed by atoms with Gasteiger partial charge in [0.05, 0.1) is 25.7 Å². The first-order valence-electron chi connectivity index (χ1n) is 3.94. The number of halogens is 4. The molecule has 0 aliphatic carbocycles. The lowest BCUT2D eigenvalue weighted by molar-refractivity contribution is -0.152. The van der Waals surface area contributed by atoms with Crippen molar-refractivity contribution in [1.82, 2.24) is 5.06 Å². The Bertz CT molecular complexity index is 505. The van der Waals surface area contributed by atoms with Gasteiger partial charge < -0.3 is 5.11 Å². The summed E-state index contributed by atoms with van der Waals surface area (Å²) >= 11 is 23.1. The molecule has 0 radical (unpaired) electrons. The van der Waals surface area contributed by atoms with Crippen LogP contribution in [0.25, 0.3) is 0 Å². The molecule has 1 aromatic rings. The molecule has 8 heteroatoms. The number of amides is 1. The number of aliphatic hydroxyl groups excluding tert-OH is 1. The van der Waals surface area contributed by atoms with E-state index in [0.717, 1.165) is 0 Å². The minimum absolute atomic E-state index is 0.0476. The Morgan fingerprint density at radius 3 is 2.06 bits per heavy atom. The Morgan fingerprint density at radius 1 is 1.00 bits per heavy atom. The molecule has 4 nitrogen and oxygen atoms in total. The number of aliphatic hydroxyl groups is 1. The molecule has 0 aromatic heterocycles. The second-order valence-corrected chi connectivity index (χ2v) is 4.58. The Balaban J connectivity index is 2.86. The molecule has 0 saturated heterocycles. The predicted octanol–water partition coefficient (Wildman–Crippen LogP) is 3.14. The van der Waals surface area contributed by atoms with Crippen LogP contribution in [0.2, 0.25) is 20.1 Å². The van der Waals surface area contributed by atoms with E-state index < -0.39 is 12.1 Å². The lowest BCUT2D eigenvalue weighted by atomic mass is 10.1. The van der Waals surface area contributed by atoms with E-state index in [0.29, 0.717) is 0 Å². The summed E-state index contributed by atoms with van der Waals surface area (Å²) in [5, 5.41) is 18.5. The van der Waals surface area contributed by atoms with Gasteiger partial charge in [-0.25, -0.2) is 0 Å². The second-order valence-electron chi connectivity index (χ2n) is 3.07. The SMILES string of the molecule is O=C1c2c(Cl)c(Cl)c(Cl)c(Cl)c2C(O)N1O. The average molecular weight is 303 g/mol. The number of nitrogens with zero attached hydrogens (tertiary/aromatic N) is 1. The third-order valence-electron chi connectivity index (χ3n) is 2.22. The van der Waals surface area contributed by atoms with E-state index in [1.165, 1.54) is 0 Å². The van der Waals surface area contributed by atoms with E-state index in [-0.39, 0.29) is 36.3 Å². The number of benzene rings is 1. The van der Waals surface area contributed by atoms with Gasteiger partial charge in [0.15, 0.2) is 6.23 Å². The van der Waals surface area contributed by atoms with Gasteiger partial charge in [-0.15, -0.1) is 0 Å². The van der Waals surface area contributed by atoms with Gasteiger partial charge in [-0.1, -0.05) is 46.4 Å². The smallest absolute Gasteiger partial charge is 0.282 e. The van der Waals surface area contributed by atoms with Gasteiger partial charge in [-0.2, -0.15) is 5.06 Å². The van der Waals surface area contributed by atoms with E-state index in [2.05, 4.69) is 0 Å². The minimum Gasteiger partial charge on any atom is -0.367 e. The lowest BCUT2D eigenvalue weighted by Gasteiger charge is -2.12. The van der Waals surface area contributed by atoms with Crippen LogP contribution in [0.5, 0.6) is 0 Å². The molecule has 86 valence electrons. The normalized spacial score (nSPS) is 19.2. The van der Waals surface area contributed by atoms with Crippen molar-refractivity contribution in [2.24, 2.45) is 0 Å². The van der Waals surface area contributed by atoms with Gasteiger partial charge in [0.2, 0.25) is 0 Å². The quantitative estimate of drug-likeness (QED) is 0.440. The summed E-state index contributed by atoms with van der Waals surface area (Å²) in [5.41, 5.74) is -0.190. The van der Waals surface area contributed by atoms with Crippen LogP contribution in [0.1, 0.15) is 22.1 Å². The van der Waals surface area contributed by atoms with Gasteiger partial charge >= 0.3 is 0 Å². The maximum atomic E-state index is 11.5. The van der Waals surface area contributed by atoms with Crippen molar-refractivity contribution >= 4 is 52.3 Å². The fourth-order valence-electron chi connectivity index (χ4n) is 1.45. The van der Waals surface area contributed by atoms with E-state index in [1.54, 1.807) is 0 Å². The summed E-state index contributed by atoms with van der Waals surface area (Å²) < 4.78 is 0. The summed E-state index contributed by atoms with van der Waals surface area (Å²) in [4.78, 5) is 11.5. The van der Waals surface area contributed by atoms with Crippen molar-refractivity contribution in [1.29, 1.82) is 0 Å². The van der Waals surface area contributed by atoms with Crippen LogP contribution < -0.4 is 0 Å². The van der Waals surface area contributed by atoms with Crippen LogP contribution in [0.15, 0.2) is 0 Å². The zero-order chi connectivity index (χ0) is 12.2. The Kier molecular flexibility index (Phi) is 2.99. The lowest BCUT2D eigenvalue weighted by Crippen LogP contribution is -2.23. The first-order valence-corrected chi connectivity index (χ1v) is 5.45. The zero-order valence-corrected chi connectivity index (χ0v) is 10.4. The number of rotatable bonds is 0. The minimum atomic E-state index is -1.60. The molecule has 2 rings (SSSR count). The summed E-state index contributed by atoms with van der Waals surface area (Å²) in [7, 11) is 0. The van der Waals surface area contributed by atoms with Crippen molar-refractivity contribution in [3.8, 4) is 0 Å². The molecular formula is C8H3Cl4NO3. The van der Waals surface area contributed by atoms with Crippen molar-refractivity contribution in [2.45, 2.75) is 6.23 Å². The Hall–Kier alpha value is -0.230. The first-order chi connectivity index (χ1) is 7.37. The molecule has 0 fully saturated rings. The zero-order valence-electron chi connectivity index (χ0n) is 7.34. The van der Waals surface area contributed by atoms with Gasteiger partial charge in [-0.05, 0) is 0 Å². The fourth-order valence-corrected chi connectivity index (χ4v) is 2.49. The average Bonchev–Trinajstić information content (AvgIpc) is 2.48. The fraction of sp³-hybridized carbons (Fsp3) is 0.125. The molecule has 16 heavy (non-hydrogen) atoms. The molecule has 0 spiro atoms. The highest BCUT2D eigenvalue weighted by Gasteiger charge is 2.40. The highest BCUT2D eigenvalue weighted by molar-refractivity contribution is 6.53. The van der Waals surface area contributed by atoms with Gasteiger partial charge in [0.25, 0.3) is 5.91 Å². The number of hydrogen-bond donors (Lipinski definition) is 2. The van der Waals surface area contributed by atoms with E-state index >= 15 is 0 Å². The Morgan fingerprint density at radius 2 is 1.50 bits per heavy atom. The molecule has 1 atom stereocenters. The summed E-state index contributed by atoms with van der Waals surface area (Å²) in [6.45, 7) is 0. The van der Waals surface area contributed by atoms with Gasteiger partial charge in [0, 0.05) is 5.56 Å². The van der Waals surface area contributed by atoms with Crippen LogP contribution in [0.4, 0.5) is 0 Å². The summed E-state index contributed by atoms with van der Waals surface area (Å²) in [6.07, 6.45) is -1.60. The van der Waals surface area contributed by atoms with Gasteiger partial charge in [0.1, 0.15) is 0 Å². The second kappa shape index (κ2) is 3.91. The van der Waals surface area contributed by atoms with Crippen LogP contribution in [0.3, 0.4) is 0 Å². The van der Waals surface area contributed by atoms with Crippen molar-refractivity contribution in [3.05, 3.63) is 31.2 Å². The van der Waals surface area contributed by atoms with Crippen molar-refractivity contribution < 1.29 is 15.1 Å². The molecule has 1 unspecified atom stereocenters. The van der Waals surface area contributed by atoms with Crippen LogP contribution in [-0.4, -0.2) is 21.3 Å². The maximum absolute atomic E-state index is 11.5. The van der Waals surface area contributed by atoms with Crippen LogP contribution in [0, 0.1) is 0 Å². The number of carbonyl (C=O) groups excluding carboxylic acids is 1. The third kappa shape index (κ3) is 1.42. The van der Waals surface area contributed by atoms with Crippen molar-refractivity contribution in [3.63, 3.8) is 0 Å². The topological polar surface area (TPSA) is 60.8 Å². The van der Waals surface area contributed by atoms with Crippen LogP contribution >= 0.6 is 46.4 Å². The molecule has 1 aliphatic heterocycles. The molecule has 0 saturated carbocycles. The largest absolute Gasteiger partial charge is 0.367 e.